The van der Waals surface area contributed by atoms with Crippen molar-refractivity contribution < 1.29 is 14.3 Å². The van der Waals surface area contributed by atoms with E-state index in [0.717, 1.165) is 38.3 Å². The molecule has 1 N–H and O–H groups in total. The highest BCUT2D eigenvalue weighted by Crippen LogP contribution is 2.54. The third kappa shape index (κ3) is 2.56. The fourth-order valence-corrected chi connectivity index (χ4v) is 4.98. The average Bonchev–Trinajstić information content (AvgIpc) is 3.35. The summed E-state index contributed by atoms with van der Waals surface area (Å²) in [5.74, 6) is 1.26. The number of methoxy groups -OCH3 is 1. The second-order valence-corrected chi connectivity index (χ2v) is 8.68. The van der Waals surface area contributed by atoms with E-state index in [1.165, 1.54) is 0 Å². The van der Waals surface area contributed by atoms with Gasteiger partial charge in [0.05, 0.1) is 30.1 Å². The molecule has 0 saturated heterocycles. The van der Waals surface area contributed by atoms with Gasteiger partial charge in [0, 0.05) is 16.5 Å². The summed E-state index contributed by atoms with van der Waals surface area (Å²) >= 11 is 3.54. The number of carbonyl (C=O) groups is 1. The Hall–Kier alpha value is -3.32. The summed E-state index contributed by atoms with van der Waals surface area (Å²) in [4.78, 5) is 13.4. The number of nitrogens with zero attached hydrogens (tertiary/aromatic N) is 2. The molecular weight excluding hydrogens is 458 g/mol. The van der Waals surface area contributed by atoms with Crippen molar-refractivity contribution in [2.45, 2.75) is 18.2 Å². The minimum absolute atomic E-state index is 0.113. The maximum atomic E-state index is 13.4. The van der Waals surface area contributed by atoms with Gasteiger partial charge in [-0.05, 0) is 54.1 Å². The predicted molar refractivity (Wildman–Crippen MR) is 120 cm³/mol. The molecule has 3 aliphatic heterocycles. The number of anilines is 1. The maximum absolute atomic E-state index is 13.4. The second-order valence-electron chi connectivity index (χ2n) is 7.77. The third-order valence-electron chi connectivity index (χ3n) is 6.09. The molecule has 0 aliphatic carbocycles. The normalized spacial score (nSPS) is 22.9. The molecule has 154 valence electrons. The number of ether oxygens (including phenoxy) is 2. The van der Waals surface area contributed by atoms with Crippen molar-refractivity contribution in [2.24, 2.45) is 5.10 Å². The molecule has 3 aliphatic rings. The van der Waals surface area contributed by atoms with Crippen molar-refractivity contribution in [3.63, 3.8) is 0 Å². The molecule has 0 radical (unpaired) electrons. The third-order valence-corrected chi connectivity index (χ3v) is 6.59. The fourth-order valence-electron chi connectivity index (χ4n) is 4.62. The van der Waals surface area contributed by atoms with Crippen molar-refractivity contribution >= 4 is 33.2 Å². The molecule has 31 heavy (non-hydrogen) atoms. The van der Waals surface area contributed by atoms with Crippen LogP contribution in [0.3, 0.4) is 0 Å². The molecule has 0 saturated carbocycles. The summed E-state index contributed by atoms with van der Waals surface area (Å²) in [6, 6.07) is 21.3. The molecule has 1 amide bonds. The number of nitrogens with one attached hydrogen (secondary N) is 1. The van der Waals surface area contributed by atoms with E-state index in [2.05, 4.69) is 21.2 Å². The zero-order chi connectivity index (χ0) is 21.2. The molecule has 7 heteroatoms. The molecule has 2 atom stereocenters. The van der Waals surface area contributed by atoms with Crippen molar-refractivity contribution in [3.8, 4) is 11.5 Å². The van der Waals surface area contributed by atoms with Gasteiger partial charge < -0.3 is 14.8 Å². The van der Waals surface area contributed by atoms with E-state index in [9.17, 15) is 4.79 Å². The van der Waals surface area contributed by atoms with Crippen molar-refractivity contribution in [1.82, 2.24) is 5.01 Å². The summed E-state index contributed by atoms with van der Waals surface area (Å²) in [5.41, 5.74) is 3.06. The molecule has 0 unspecified atom stereocenters. The lowest BCUT2D eigenvalue weighted by Crippen LogP contribution is -2.55. The number of hydrazone groups is 1. The molecule has 0 fully saturated rings. The van der Waals surface area contributed by atoms with Crippen LogP contribution in [0.15, 0.2) is 76.3 Å². The van der Waals surface area contributed by atoms with Crippen LogP contribution in [0.2, 0.25) is 0 Å². The van der Waals surface area contributed by atoms with Crippen LogP contribution in [0.5, 0.6) is 11.5 Å². The number of fused-ring (bicyclic) bond motifs is 6. The number of carbonyl (C=O) groups excluding carboxylic acids is 1. The van der Waals surface area contributed by atoms with E-state index in [0.29, 0.717) is 12.2 Å². The minimum Gasteiger partial charge on any atom is -0.497 e. The van der Waals surface area contributed by atoms with Crippen molar-refractivity contribution in [3.05, 3.63) is 87.9 Å². The Kier molecular flexibility index (Phi) is 3.92. The second kappa shape index (κ2) is 6.59. The monoisotopic (exact) mass is 475 g/mol. The Morgan fingerprint density at radius 3 is 2.77 bits per heavy atom. The Morgan fingerprint density at radius 1 is 1.16 bits per heavy atom. The van der Waals surface area contributed by atoms with E-state index >= 15 is 0 Å². The van der Waals surface area contributed by atoms with Crippen LogP contribution < -0.4 is 14.8 Å². The zero-order valence-corrected chi connectivity index (χ0v) is 18.2. The van der Waals surface area contributed by atoms with Crippen molar-refractivity contribution in [1.29, 1.82) is 0 Å². The first-order chi connectivity index (χ1) is 15.1. The Balaban J connectivity index is 1.54. The lowest BCUT2D eigenvalue weighted by molar-refractivity contribution is -0.161. The molecule has 3 aromatic carbocycles. The van der Waals surface area contributed by atoms with Gasteiger partial charge in [-0.2, -0.15) is 5.10 Å². The first-order valence-electron chi connectivity index (χ1n) is 10.0. The predicted octanol–water partition coefficient (Wildman–Crippen LogP) is 4.81. The van der Waals surface area contributed by atoms with Gasteiger partial charge in [0.25, 0.3) is 5.91 Å². The lowest BCUT2D eigenvalue weighted by Gasteiger charge is -2.44. The van der Waals surface area contributed by atoms with E-state index in [1.807, 2.05) is 71.7 Å². The number of para-hydroxylation sites is 1. The molecule has 3 aromatic rings. The van der Waals surface area contributed by atoms with Crippen LogP contribution in [-0.4, -0.2) is 23.7 Å². The minimum atomic E-state index is -1.35. The quantitative estimate of drug-likeness (QED) is 0.577. The summed E-state index contributed by atoms with van der Waals surface area (Å²) in [6.07, 6.45) is 0.672. The van der Waals surface area contributed by atoms with Gasteiger partial charge in [0.1, 0.15) is 11.5 Å². The molecule has 6 nitrogen and oxygen atoms in total. The van der Waals surface area contributed by atoms with Crippen LogP contribution in [0.4, 0.5) is 5.69 Å². The first-order valence-corrected chi connectivity index (χ1v) is 10.8. The van der Waals surface area contributed by atoms with Gasteiger partial charge in [-0.1, -0.05) is 34.1 Å². The zero-order valence-electron chi connectivity index (χ0n) is 16.6. The number of benzene rings is 3. The number of halogens is 1. The van der Waals surface area contributed by atoms with Crippen LogP contribution in [0.1, 0.15) is 29.2 Å². The molecule has 0 bridgehead atoms. The smallest absolute Gasteiger partial charge is 0.306 e. The maximum Gasteiger partial charge on any atom is 0.306 e. The van der Waals surface area contributed by atoms with Crippen LogP contribution in [0, 0.1) is 0 Å². The summed E-state index contributed by atoms with van der Waals surface area (Å²) in [6.45, 7) is 0. The summed E-state index contributed by atoms with van der Waals surface area (Å²) < 4.78 is 12.6. The Morgan fingerprint density at radius 2 is 1.97 bits per heavy atom. The highest BCUT2D eigenvalue weighted by Gasteiger charge is 2.60. The first kappa shape index (κ1) is 18.4. The summed E-state index contributed by atoms with van der Waals surface area (Å²) in [5, 5.41) is 9.78. The molecule has 3 heterocycles. The number of hydrogen-bond donors (Lipinski definition) is 1. The fraction of sp³-hybridized carbons (Fsp3) is 0.167. The Bertz CT molecular complexity index is 1260. The standard InChI is InChI=1S/C24H18BrN3O3/c1-30-16-9-6-14(7-10-16)20-13-21-17-4-2-3-5-22(17)31-24(28(21)27-20)18-12-15(25)8-11-19(18)26-23(24)29/h2-12,21H,13H2,1H3,(H,26,29)/t21-,24+/m0/s1. The number of hydrogen-bond acceptors (Lipinski definition) is 5. The van der Waals surface area contributed by atoms with Crippen LogP contribution in [-0.2, 0) is 10.5 Å². The van der Waals surface area contributed by atoms with Gasteiger partial charge in [-0.15, -0.1) is 0 Å². The van der Waals surface area contributed by atoms with Gasteiger partial charge >= 0.3 is 5.72 Å². The number of amides is 1. The van der Waals surface area contributed by atoms with Gasteiger partial charge in [-0.25, -0.2) is 5.01 Å². The van der Waals surface area contributed by atoms with Gasteiger partial charge in [-0.3, -0.25) is 4.79 Å². The van der Waals surface area contributed by atoms with E-state index in [4.69, 9.17) is 14.6 Å². The largest absolute Gasteiger partial charge is 0.497 e. The average molecular weight is 476 g/mol. The number of rotatable bonds is 2. The van der Waals surface area contributed by atoms with E-state index in [1.54, 1.807) is 7.11 Å². The van der Waals surface area contributed by atoms with Crippen LogP contribution >= 0.6 is 15.9 Å². The molecule has 6 rings (SSSR count). The molecular formula is C24H18BrN3O3. The SMILES string of the molecule is COc1ccc(C2=NN3[C@@H](C2)c2ccccc2O[C@]32C(=O)Nc3ccc(Br)cc32)cc1. The van der Waals surface area contributed by atoms with Crippen molar-refractivity contribution in [2.75, 3.05) is 12.4 Å². The topological polar surface area (TPSA) is 63.2 Å². The van der Waals surface area contributed by atoms with E-state index < -0.39 is 5.72 Å². The van der Waals surface area contributed by atoms with Crippen LogP contribution in [0.25, 0.3) is 0 Å². The lowest BCUT2D eigenvalue weighted by atomic mass is 9.92. The van der Waals surface area contributed by atoms with E-state index in [-0.39, 0.29) is 11.9 Å². The summed E-state index contributed by atoms with van der Waals surface area (Å²) in [7, 11) is 1.65. The highest BCUT2D eigenvalue weighted by atomic mass is 79.9. The molecule has 0 aromatic heterocycles. The highest BCUT2D eigenvalue weighted by molar-refractivity contribution is 9.10. The Labute approximate surface area is 187 Å². The molecule has 1 spiro atoms. The van der Waals surface area contributed by atoms with Gasteiger partial charge in [0.2, 0.25) is 0 Å². The van der Waals surface area contributed by atoms with Gasteiger partial charge in [0.15, 0.2) is 0 Å².